The number of hydrogen-bond acceptors (Lipinski definition) is 4. The molecular weight excluding hydrogens is 302 g/mol. The van der Waals surface area contributed by atoms with Gasteiger partial charge in [-0.15, -0.1) is 11.3 Å². The van der Waals surface area contributed by atoms with Gasteiger partial charge in [0.25, 0.3) is 0 Å². The summed E-state index contributed by atoms with van der Waals surface area (Å²) in [5.41, 5.74) is 11.2. The number of halogens is 1. The molecule has 4 nitrogen and oxygen atoms in total. The minimum Gasteiger partial charge on any atom is -0.369 e. The molecule has 2 atom stereocenters. The number of hydrogen-bond donors (Lipinski definition) is 2. The Labute approximate surface area is 113 Å². The first kappa shape index (κ1) is 13.0. The van der Waals surface area contributed by atoms with Crippen LogP contribution in [0.25, 0.3) is 0 Å². The maximum absolute atomic E-state index is 11.2. The average Bonchev–Trinajstić information content (AvgIpc) is 2.89. The van der Waals surface area contributed by atoms with Crippen molar-refractivity contribution in [1.82, 2.24) is 4.90 Å². The van der Waals surface area contributed by atoms with E-state index in [1.165, 1.54) is 4.88 Å². The maximum Gasteiger partial charge on any atom is 0.221 e. The van der Waals surface area contributed by atoms with Gasteiger partial charge in [0.05, 0.1) is 15.7 Å². The van der Waals surface area contributed by atoms with Gasteiger partial charge in [-0.2, -0.15) is 0 Å². The molecule has 0 aliphatic carbocycles. The molecule has 1 fully saturated rings. The summed E-state index contributed by atoms with van der Waals surface area (Å²) in [6.07, 6.45) is 0.846. The third-order valence-electron chi connectivity index (χ3n) is 3.21. The van der Waals surface area contributed by atoms with E-state index in [0.717, 1.165) is 23.3 Å². The van der Waals surface area contributed by atoms with Crippen molar-refractivity contribution in [2.45, 2.75) is 12.5 Å². The SMILES string of the molecule is NCC(c1ccc(Br)s1)N1CCC(C(N)=O)C1. The molecule has 0 bridgehead atoms. The van der Waals surface area contributed by atoms with Crippen molar-refractivity contribution in [2.24, 2.45) is 17.4 Å². The number of amides is 1. The van der Waals surface area contributed by atoms with Crippen LogP contribution in [0, 0.1) is 5.92 Å². The fraction of sp³-hybridized carbons (Fsp3) is 0.545. The number of likely N-dealkylation sites (tertiary alicyclic amines) is 1. The van der Waals surface area contributed by atoms with Gasteiger partial charge in [-0.3, -0.25) is 9.69 Å². The van der Waals surface area contributed by atoms with Crippen molar-refractivity contribution >= 4 is 33.2 Å². The summed E-state index contributed by atoms with van der Waals surface area (Å²) in [5, 5.41) is 0. The quantitative estimate of drug-likeness (QED) is 0.879. The molecule has 6 heteroatoms. The summed E-state index contributed by atoms with van der Waals surface area (Å²) < 4.78 is 1.11. The highest BCUT2D eigenvalue weighted by molar-refractivity contribution is 9.11. The van der Waals surface area contributed by atoms with Gasteiger partial charge < -0.3 is 11.5 Å². The Balaban J connectivity index is 2.08. The van der Waals surface area contributed by atoms with Gasteiger partial charge in [0, 0.05) is 18.0 Å². The van der Waals surface area contributed by atoms with Crippen LogP contribution in [-0.4, -0.2) is 30.4 Å². The molecule has 0 aromatic carbocycles. The van der Waals surface area contributed by atoms with Gasteiger partial charge in [0.15, 0.2) is 0 Å². The minimum absolute atomic E-state index is 0.0209. The maximum atomic E-state index is 11.2. The van der Waals surface area contributed by atoms with Crippen LogP contribution in [-0.2, 0) is 4.79 Å². The van der Waals surface area contributed by atoms with E-state index in [1.807, 2.05) is 6.07 Å². The van der Waals surface area contributed by atoms with Crippen molar-refractivity contribution in [2.75, 3.05) is 19.6 Å². The molecule has 0 spiro atoms. The van der Waals surface area contributed by atoms with Gasteiger partial charge in [0.1, 0.15) is 0 Å². The van der Waals surface area contributed by atoms with Gasteiger partial charge in [0.2, 0.25) is 5.91 Å². The second kappa shape index (κ2) is 5.48. The molecule has 1 aliphatic rings. The minimum atomic E-state index is -0.198. The van der Waals surface area contributed by atoms with Crippen molar-refractivity contribution in [3.8, 4) is 0 Å². The summed E-state index contributed by atoms with van der Waals surface area (Å²) >= 11 is 5.15. The van der Waals surface area contributed by atoms with Gasteiger partial charge >= 0.3 is 0 Å². The Kier molecular flexibility index (Phi) is 4.19. The van der Waals surface area contributed by atoms with Gasteiger partial charge in [-0.25, -0.2) is 0 Å². The normalized spacial score (nSPS) is 22.8. The van der Waals surface area contributed by atoms with E-state index in [2.05, 4.69) is 26.9 Å². The molecule has 2 rings (SSSR count). The topological polar surface area (TPSA) is 72.3 Å². The lowest BCUT2D eigenvalue weighted by molar-refractivity contribution is -0.121. The van der Waals surface area contributed by atoms with Gasteiger partial charge in [-0.1, -0.05) is 0 Å². The Hall–Kier alpha value is -0.430. The first-order valence-electron chi connectivity index (χ1n) is 5.60. The monoisotopic (exact) mass is 317 g/mol. The highest BCUT2D eigenvalue weighted by Gasteiger charge is 2.31. The smallest absolute Gasteiger partial charge is 0.221 e. The summed E-state index contributed by atoms with van der Waals surface area (Å²) in [5.74, 6) is -0.219. The zero-order valence-corrected chi connectivity index (χ0v) is 11.8. The fourth-order valence-corrected chi connectivity index (χ4v) is 3.83. The summed E-state index contributed by atoms with van der Waals surface area (Å²) in [6.45, 7) is 2.19. The lowest BCUT2D eigenvalue weighted by Gasteiger charge is -2.25. The van der Waals surface area contributed by atoms with E-state index in [-0.39, 0.29) is 17.9 Å². The number of primary amides is 1. The molecule has 17 heavy (non-hydrogen) atoms. The first-order valence-corrected chi connectivity index (χ1v) is 7.21. The Morgan fingerprint density at radius 1 is 1.65 bits per heavy atom. The molecule has 1 aliphatic heterocycles. The van der Waals surface area contributed by atoms with Crippen LogP contribution >= 0.6 is 27.3 Å². The molecule has 94 valence electrons. The van der Waals surface area contributed by atoms with Crippen LogP contribution in [0.5, 0.6) is 0 Å². The van der Waals surface area contributed by atoms with Gasteiger partial charge in [-0.05, 0) is 41.0 Å². The Bertz CT molecular complexity index is 409. The lowest BCUT2D eigenvalue weighted by atomic mass is 10.1. The summed E-state index contributed by atoms with van der Waals surface area (Å²) in [7, 11) is 0. The predicted molar refractivity (Wildman–Crippen MR) is 72.7 cm³/mol. The summed E-state index contributed by atoms with van der Waals surface area (Å²) in [4.78, 5) is 14.7. The second-order valence-electron chi connectivity index (χ2n) is 4.28. The molecule has 1 aromatic heterocycles. The summed E-state index contributed by atoms with van der Waals surface area (Å²) in [6, 6.07) is 4.32. The molecule has 4 N–H and O–H groups in total. The molecule has 2 unspecified atom stereocenters. The molecule has 1 aromatic rings. The van der Waals surface area contributed by atoms with E-state index in [1.54, 1.807) is 11.3 Å². The fourth-order valence-electron chi connectivity index (χ4n) is 2.26. The highest BCUT2D eigenvalue weighted by atomic mass is 79.9. The average molecular weight is 318 g/mol. The van der Waals surface area contributed by atoms with Crippen molar-refractivity contribution in [3.05, 3.63) is 20.8 Å². The molecule has 0 radical (unpaired) electrons. The predicted octanol–water partition coefficient (Wildman–Crippen LogP) is 1.32. The highest BCUT2D eigenvalue weighted by Crippen LogP contribution is 2.33. The number of rotatable bonds is 4. The number of nitrogens with zero attached hydrogens (tertiary/aromatic N) is 1. The van der Waals surface area contributed by atoms with E-state index in [4.69, 9.17) is 11.5 Å². The Morgan fingerprint density at radius 3 is 2.88 bits per heavy atom. The molecule has 2 heterocycles. The number of carbonyl (C=O) groups is 1. The number of nitrogens with two attached hydrogens (primary N) is 2. The van der Waals surface area contributed by atoms with Crippen LogP contribution < -0.4 is 11.5 Å². The van der Waals surface area contributed by atoms with Crippen LogP contribution in [0.3, 0.4) is 0 Å². The lowest BCUT2D eigenvalue weighted by Crippen LogP contribution is -2.33. The molecule has 0 saturated carbocycles. The third-order valence-corrected chi connectivity index (χ3v) is 4.93. The van der Waals surface area contributed by atoms with Crippen molar-refractivity contribution in [1.29, 1.82) is 0 Å². The zero-order chi connectivity index (χ0) is 12.4. The van der Waals surface area contributed by atoms with Crippen molar-refractivity contribution < 1.29 is 4.79 Å². The van der Waals surface area contributed by atoms with E-state index in [9.17, 15) is 4.79 Å². The van der Waals surface area contributed by atoms with Crippen LogP contribution in [0.2, 0.25) is 0 Å². The standard InChI is InChI=1S/C11H16BrN3OS/c12-10-2-1-9(17-10)8(5-13)15-4-3-7(6-15)11(14)16/h1-2,7-8H,3-6,13H2,(H2,14,16). The van der Waals surface area contributed by atoms with Crippen molar-refractivity contribution in [3.63, 3.8) is 0 Å². The second-order valence-corrected chi connectivity index (χ2v) is 6.77. The number of thiophene rings is 1. The molecule has 1 amide bonds. The van der Waals surface area contributed by atoms with Crippen LogP contribution in [0.15, 0.2) is 15.9 Å². The Morgan fingerprint density at radius 2 is 2.41 bits per heavy atom. The van der Waals surface area contributed by atoms with Crippen LogP contribution in [0.1, 0.15) is 17.3 Å². The van der Waals surface area contributed by atoms with E-state index in [0.29, 0.717) is 6.54 Å². The zero-order valence-electron chi connectivity index (χ0n) is 9.43. The van der Waals surface area contributed by atoms with Crippen LogP contribution in [0.4, 0.5) is 0 Å². The molecular formula is C11H16BrN3OS. The van der Waals surface area contributed by atoms with E-state index >= 15 is 0 Å². The van der Waals surface area contributed by atoms with E-state index < -0.39 is 0 Å². The first-order chi connectivity index (χ1) is 8.11. The number of carbonyl (C=O) groups excluding carboxylic acids is 1. The third kappa shape index (κ3) is 2.88. The largest absolute Gasteiger partial charge is 0.369 e. The molecule has 1 saturated heterocycles.